The number of thioether (sulfide) groups is 1. The molecule has 0 aliphatic rings. The molecule has 4 nitrogen and oxygen atoms in total. The van der Waals surface area contributed by atoms with Crippen molar-refractivity contribution in [1.82, 2.24) is 15.2 Å². The number of hydrogen-bond acceptors (Lipinski definition) is 4. The largest absolute Gasteiger partial charge is 0.271 e. The van der Waals surface area contributed by atoms with Crippen molar-refractivity contribution in [3.05, 3.63) is 16.4 Å². The molecule has 0 spiro atoms. The van der Waals surface area contributed by atoms with Crippen molar-refractivity contribution < 1.29 is 0 Å². The number of hydrazine groups is 1. The normalized spacial score (nSPS) is 13.3. The van der Waals surface area contributed by atoms with Gasteiger partial charge in [-0.1, -0.05) is 25.4 Å². The second-order valence-corrected chi connectivity index (χ2v) is 6.60. The molecule has 1 aromatic heterocycles. The summed E-state index contributed by atoms with van der Waals surface area (Å²) in [7, 11) is 0. The molecule has 0 saturated heterocycles. The summed E-state index contributed by atoms with van der Waals surface area (Å²) in [6, 6.07) is 0.219. The quantitative estimate of drug-likeness (QED) is 0.598. The van der Waals surface area contributed by atoms with Gasteiger partial charge in [0.1, 0.15) is 0 Å². The van der Waals surface area contributed by atoms with E-state index in [2.05, 4.69) is 31.3 Å². The molecule has 3 N–H and O–H groups in total. The van der Waals surface area contributed by atoms with E-state index >= 15 is 0 Å². The van der Waals surface area contributed by atoms with Gasteiger partial charge in [-0.25, -0.2) is 0 Å². The first kappa shape index (κ1) is 15.8. The van der Waals surface area contributed by atoms with Crippen LogP contribution in [0.25, 0.3) is 0 Å². The van der Waals surface area contributed by atoms with E-state index in [1.54, 1.807) is 0 Å². The van der Waals surface area contributed by atoms with E-state index in [-0.39, 0.29) is 6.04 Å². The molecule has 1 aromatic rings. The van der Waals surface area contributed by atoms with Crippen LogP contribution in [-0.2, 0) is 13.0 Å². The van der Waals surface area contributed by atoms with Crippen molar-refractivity contribution in [2.45, 2.75) is 52.0 Å². The summed E-state index contributed by atoms with van der Waals surface area (Å²) < 4.78 is 1.96. The molecule has 1 atom stereocenters. The monoisotopic (exact) mass is 290 g/mol. The highest BCUT2D eigenvalue weighted by Gasteiger charge is 2.17. The molecule has 0 fully saturated rings. The van der Waals surface area contributed by atoms with Crippen molar-refractivity contribution in [3.63, 3.8) is 0 Å². The standard InChI is InChI=1S/C12H23ClN4S/c1-5-17-11(12(13)9(4)16-17)6-10(15-14)7-18-8(2)3/h8,10,15H,5-7,14H2,1-4H3. The molecule has 0 aliphatic carbocycles. The van der Waals surface area contributed by atoms with Crippen LogP contribution in [0.2, 0.25) is 5.02 Å². The fraction of sp³-hybridized carbons (Fsp3) is 0.750. The lowest BCUT2D eigenvalue weighted by molar-refractivity contribution is 0.534. The Morgan fingerprint density at radius 3 is 2.67 bits per heavy atom. The van der Waals surface area contributed by atoms with Crippen molar-refractivity contribution in [3.8, 4) is 0 Å². The van der Waals surface area contributed by atoms with Crippen LogP contribution in [0, 0.1) is 6.92 Å². The summed E-state index contributed by atoms with van der Waals surface area (Å²) in [5, 5.41) is 5.80. The second-order valence-electron chi connectivity index (χ2n) is 4.61. The van der Waals surface area contributed by atoms with Gasteiger partial charge in [-0.15, -0.1) is 0 Å². The minimum atomic E-state index is 0.219. The average molecular weight is 291 g/mol. The number of nitrogens with two attached hydrogens (primary N) is 1. The van der Waals surface area contributed by atoms with Gasteiger partial charge in [-0.3, -0.25) is 16.0 Å². The van der Waals surface area contributed by atoms with E-state index in [4.69, 9.17) is 17.4 Å². The molecule has 104 valence electrons. The SMILES string of the molecule is CCn1nc(C)c(Cl)c1CC(CSC(C)C)NN. The average Bonchev–Trinajstić information content (AvgIpc) is 2.61. The maximum absolute atomic E-state index is 6.30. The van der Waals surface area contributed by atoms with E-state index in [1.807, 2.05) is 23.4 Å². The lowest BCUT2D eigenvalue weighted by atomic mass is 10.2. The zero-order valence-electron chi connectivity index (χ0n) is 11.5. The number of nitrogens with one attached hydrogen (secondary N) is 1. The molecule has 0 radical (unpaired) electrons. The minimum absolute atomic E-state index is 0.219. The molecule has 1 heterocycles. The molecule has 0 bridgehead atoms. The first-order valence-corrected chi connectivity index (χ1v) is 7.71. The van der Waals surface area contributed by atoms with Crippen molar-refractivity contribution in [1.29, 1.82) is 0 Å². The van der Waals surface area contributed by atoms with Gasteiger partial charge in [0.05, 0.1) is 16.4 Å². The Hall–Kier alpha value is -0.230. The van der Waals surface area contributed by atoms with Crippen LogP contribution in [0.4, 0.5) is 0 Å². The van der Waals surface area contributed by atoms with Crippen molar-refractivity contribution in [2.75, 3.05) is 5.75 Å². The molecule has 0 aromatic carbocycles. The Balaban J connectivity index is 2.74. The van der Waals surface area contributed by atoms with Crippen LogP contribution < -0.4 is 11.3 Å². The maximum Gasteiger partial charge on any atom is 0.0847 e. The smallest absolute Gasteiger partial charge is 0.0847 e. The summed E-state index contributed by atoms with van der Waals surface area (Å²) >= 11 is 8.19. The minimum Gasteiger partial charge on any atom is -0.271 e. The first-order valence-electron chi connectivity index (χ1n) is 6.29. The Kier molecular flexibility index (Phi) is 6.49. The zero-order chi connectivity index (χ0) is 13.7. The third-order valence-electron chi connectivity index (χ3n) is 2.76. The summed E-state index contributed by atoms with van der Waals surface area (Å²) in [6.07, 6.45) is 0.809. The molecular weight excluding hydrogens is 268 g/mol. The maximum atomic E-state index is 6.30. The summed E-state index contributed by atoms with van der Waals surface area (Å²) in [6.45, 7) is 9.21. The van der Waals surface area contributed by atoms with Gasteiger partial charge in [0.15, 0.2) is 0 Å². The number of aryl methyl sites for hydroxylation is 2. The topological polar surface area (TPSA) is 55.9 Å². The van der Waals surface area contributed by atoms with Crippen LogP contribution in [-0.4, -0.2) is 26.8 Å². The molecule has 0 aliphatic heterocycles. The Labute approximate surface area is 119 Å². The van der Waals surface area contributed by atoms with Gasteiger partial charge in [-0.05, 0) is 19.1 Å². The molecule has 1 unspecified atom stereocenters. The van der Waals surface area contributed by atoms with Crippen LogP contribution in [0.5, 0.6) is 0 Å². The van der Waals surface area contributed by atoms with Crippen LogP contribution in [0.1, 0.15) is 32.2 Å². The molecule has 1 rings (SSSR count). The van der Waals surface area contributed by atoms with Gasteiger partial charge in [0, 0.05) is 24.8 Å². The summed E-state index contributed by atoms with van der Waals surface area (Å²) in [5.41, 5.74) is 4.84. The van der Waals surface area contributed by atoms with E-state index < -0.39 is 0 Å². The Morgan fingerprint density at radius 2 is 2.17 bits per heavy atom. The molecule has 18 heavy (non-hydrogen) atoms. The molecule has 0 amide bonds. The molecule has 0 saturated carbocycles. The summed E-state index contributed by atoms with van der Waals surface area (Å²) in [4.78, 5) is 0. The van der Waals surface area contributed by atoms with E-state index in [0.29, 0.717) is 5.25 Å². The highest BCUT2D eigenvalue weighted by Crippen LogP contribution is 2.22. The fourth-order valence-electron chi connectivity index (χ4n) is 1.77. The number of halogens is 1. The number of rotatable bonds is 7. The predicted molar refractivity (Wildman–Crippen MR) is 80.1 cm³/mol. The van der Waals surface area contributed by atoms with Gasteiger partial charge in [0.2, 0.25) is 0 Å². The zero-order valence-corrected chi connectivity index (χ0v) is 13.1. The third-order valence-corrected chi connectivity index (χ3v) is 4.51. The highest BCUT2D eigenvalue weighted by atomic mass is 35.5. The third kappa shape index (κ3) is 4.16. The highest BCUT2D eigenvalue weighted by molar-refractivity contribution is 7.99. The number of nitrogens with zero attached hydrogens (tertiary/aromatic N) is 2. The van der Waals surface area contributed by atoms with Crippen LogP contribution >= 0.6 is 23.4 Å². The number of aromatic nitrogens is 2. The van der Waals surface area contributed by atoms with Crippen molar-refractivity contribution in [2.24, 2.45) is 5.84 Å². The van der Waals surface area contributed by atoms with Gasteiger partial charge >= 0.3 is 0 Å². The lowest BCUT2D eigenvalue weighted by Crippen LogP contribution is -2.39. The van der Waals surface area contributed by atoms with Crippen molar-refractivity contribution >= 4 is 23.4 Å². The second kappa shape index (κ2) is 7.38. The first-order chi connectivity index (χ1) is 8.49. The Bertz CT molecular complexity index is 378. The van der Waals surface area contributed by atoms with Crippen LogP contribution in [0.15, 0.2) is 0 Å². The Morgan fingerprint density at radius 1 is 1.50 bits per heavy atom. The van der Waals surface area contributed by atoms with Gasteiger partial charge in [-0.2, -0.15) is 16.9 Å². The van der Waals surface area contributed by atoms with E-state index in [9.17, 15) is 0 Å². The van der Waals surface area contributed by atoms with E-state index in [1.165, 1.54) is 0 Å². The predicted octanol–water partition coefficient (Wildman–Crippen LogP) is 2.38. The van der Waals surface area contributed by atoms with E-state index in [0.717, 1.165) is 35.1 Å². The molecule has 6 heteroatoms. The summed E-state index contributed by atoms with van der Waals surface area (Å²) in [5.74, 6) is 6.59. The van der Waals surface area contributed by atoms with Crippen LogP contribution in [0.3, 0.4) is 0 Å². The number of hydrogen-bond donors (Lipinski definition) is 2. The lowest BCUT2D eigenvalue weighted by Gasteiger charge is -2.17. The van der Waals surface area contributed by atoms with Gasteiger partial charge in [0.25, 0.3) is 0 Å². The molecular formula is C12H23ClN4S. The fourth-order valence-corrected chi connectivity index (χ4v) is 2.82. The van der Waals surface area contributed by atoms with Gasteiger partial charge < -0.3 is 0 Å².